The van der Waals surface area contributed by atoms with Gasteiger partial charge in [0.25, 0.3) is 0 Å². The fourth-order valence-corrected chi connectivity index (χ4v) is 4.96. The fraction of sp³-hybridized carbons (Fsp3) is 0.360. The van der Waals surface area contributed by atoms with E-state index in [1.807, 2.05) is 24.3 Å². The summed E-state index contributed by atoms with van der Waals surface area (Å²) in [5.41, 5.74) is 4.40. The summed E-state index contributed by atoms with van der Waals surface area (Å²) in [6, 6.07) is 11.6. The van der Waals surface area contributed by atoms with Crippen molar-refractivity contribution in [1.82, 2.24) is 15.0 Å². The third-order valence-corrected chi connectivity index (χ3v) is 6.61. The molecule has 2 unspecified atom stereocenters. The molecule has 1 aromatic carbocycles. The first-order valence-corrected chi connectivity index (χ1v) is 11.7. The smallest absolute Gasteiger partial charge is 0.323 e. The van der Waals surface area contributed by atoms with Gasteiger partial charge in [-0.1, -0.05) is 0 Å². The number of nitrogens with one attached hydrogen (secondary N) is 2. The molecule has 0 radical (unpaired) electrons. The molecule has 2 N–H and O–H groups in total. The number of benzene rings is 1. The van der Waals surface area contributed by atoms with Gasteiger partial charge in [-0.2, -0.15) is 0 Å². The van der Waals surface area contributed by atoms with E-state index in [2.05, 4.69) is 20.5 Å². The van der Waals surface area contributed by atoms with Gasteiger partial charge in [0.15, 0.2) is 5.82 Å². The molecule has 0 aliphatic carbocycles. The molecule has 2 fully saturated rings. The largest absolute Gasteiger partial charge is 0.377 e. The molecule has 5 heterocycles. The molecule has 2 bridgehead atoms. The molecule has 9 nitrogen and oxygen atoms in total. The lowest BCUT2D eigenvalue weighted by atomic mass is 10.1. The van der Waals surface area contributed by atoms with Gasteiger partial charge in [0.05, 0.1) is 56.1 Å². The molecular formula is C25H26N6O3. The SMILES string of the molecule is O=C(Nc1ccc(-c2nc3c(c(N4C5CCC4COC5)n2)COCC3)cc1)Nc1cccnc1. The van der Waals surface area contributed by atoms with Crippen LogP contribution in [0.3, 0.4) is 0 Å². The first-order valence-electron chi connectivity index (χ1n) is 11.7. The van der Waals surface area contributed by atoms with E-state index in [1.54, 1.807) is 24.5 Å². The average molecular weight is 459 g/mol. The summed E-state index contributed by atoms with van der Waals surface area (Å²) < 4.78 is 11.6. The van der Waals surface area contributed by atoms with Crippen molar-refractivity contribution in [1.29, 1.82) is 0 Å². The van der Waals surface area contributed by atoms with E-state index in [1.165, 1.54) is 0 Å². The number of hydrogen-bond donors (Lipinski definition) is 2. The van der Waals surface area contributed by atoms with Crippen LogP contribution in [0.1, 0.15) is 24.1 Å². The number of amides is 2. The molecule has 2 aromatic heterocycles. The van der Waals surface area contributed by atoms with Gasteiger partial charge in [-0.15, -0.1) is 0 Å². The quantitative estimate of drug-likeness (QED) is 0.616. The van der Waals surface area contributed by atoms with Gasteiger partial charge in [0.1, 0.15) is 5.82 Å². The van der Waals surface area contributed by atoms with Crippen molar-refractivity contribution in [2.75, 3.05) is 35.4 Å². The maximum atomic E-state index is 12.3. The number of carbonyl (C=O) groups is 1. The second-order valence-corrected chi connectivity index (χ2v) is 8.83. The monoisotopic (exact) mass is 458 g/mol. The molecule has 3 aromatic rings. The van der Waals surface area contributed by atoms with Gasteiger partial charge >= 0.3 is 6.03 Å². The van der Waals surface area contributed by atoms with Crippen molar-refractivity contribution in [3.8, 4) is 11.4 Å². The van der Waals surface area contributed by atoms with Gasteiger partial charge in [0.2, 0.25) is 0 Å². The molecule has 2 saturated heterocycles. The number of pyridine rings is 1. The second-order valence-electron chi connectivity index (χ2n) is 8.83. The van der Waals surface area contributed by atoms with E-state index in [-0.39, 0.29) is 6.03 Å². The predicted molar refractivity (Wildman–Crippen MR) is 128 cm³/mol. The van der Waals surface area contributed by atoms with Crippen LogP contribution in [0, 0.1) is 0 Å². The van der Waals surface area contributed by atoms with Crippen LogP contribution in [-0.4, -0.2) is 52.9 Å². The molecule has 3 aliphatic rings. The van der Waals surface area contributed by atoms with E-state index in [0.717, 1.165) is 55.1 Å². The van der Waals surface area contributed by atoms with E-state index in [4.69, 9.17) is 19.4 Å². The third-order valence-electron chi connectivity index (χ3n) is 6.61. The van der Waals surface area contributed by atoms with Crippen molar-refractivity contribution in [3.63, 3.8) is 0 Å². The average Bonchev–Trinajstić information content (AvgIpc) is 3.11. The summed E-state index contributed by atoms with van der Waals surface area (Å²) in [6.07, 6.45) is 6.29. The Morgan fingerprint density at radius 3 is 2.53 bits per heavy atom. The number of aromatic nitrogens is 3. The Morgan fingerprint density at radius 1 is 0.971 bits per heavy atom. The highest BCUT2D eigenvalue weighted by molar-refractivity contribution is 5.99. The Balaban J connectivity index is 1.25. The Hall–Kier alpha value is -3.56. The second kappa shape index (κ2) is 9.00. The Labute approximate surface area is 197 Å². The van der Waals surface area contributed by atoms with Crippen LogP contribution in [0.5, 0.6) is 0 Å². The van der Waals surface area contributed by atoms with Crippen LogP contribution in [0.2, 0.25) is 0 Å². The zero-order valence-electron chi connectivity index (χ0n) is 18.7. The molecule has 0 spiro atoms. The lowest BCUT2D eigenvalue weighted by Gasteiger charge is -2.37. The summed E-state index contributed by atoms with van der Waals surface area (Å²) in [7, 11) is 0. The van der Waals surface area contributed by atoms with Crippen LogP contribution in [0.15, 0.2) is 48.8 Å². The number of hydrogen-bond acceptors (Lipinski definition) is 7. The van der Waals surface area contributed by atoms with Crippen LogP contribution in [-0.2, 0) is 22.5 Å². The molecule has 174 valence electrons. The Morgan fingerprint density at radius 2 is 1.76 bits per heavy atom. The first-order chi connectivity index (χ1) is 16.7. The van der Waals surface area contributed by atoms with Gasteiger partial charge in [-0.25, -0.2) is 14.8 Å². The minimum absolute atomic E-state index is 0.323. The highest BCUT2D eigenvalue weighted by Crippen LogP contribution is 2.37. The number of anilines is 3. The number of rotatable bonds is 4. The standard InChI is InChI=1S/C25H26N6O3/c32-25(28-18-2-1-10-26-12-18)27-17-5-3-16(4-6-17)23-29-22-9-11-33-15-21(22)24(30-23)31-19-7-8-20(31)14-34-13-19/h1-6,10,12,19-20H,7-9,11,13-15H2,(H2,27,28,32). The minimum atomic E-state index is -0.323. The molecule has 3 aliphatic heterocycles. The summed E-state index contributed by atoms with van der Waals surface area (Å²) >= 11 is 0. The molecule has 2 atom stereocenters. The fourth-order valence-electron chi connectivity index (χ4n) is 4.96. The molecular weight excluding hydrogens is 432 g/mol. The van der Waals surface area contributed by atoms with Gasteiger partial charge in [-0.3, -0.25) is 4.98 Å². The van der Waals surface area contributed by atoms with Crippen molar-refractivity contribution >= 4 is 23.2 Å². The number of nitrogens with zero attached hydrogens (tertiary/aromatic N) is 4. The van der Waals surface area contributed by atoms with E-state index in [0.29, 0.717) is 42.5 Å². The van der Waals surface area contributed by atoms with Crippen LogP contribution < -0.4 is 15.5 Å². The molecule has 34 heavy (non-hydrogen) atoms. The normalized spacial score (nSPS) is 21.1. The van der Waals surface area contributed by atoms with Crippen LogP contribution >= 0.6 is 0 Å². The van der Waals surface area contributed by atoms with Crippen molar-refractivity contribution in [2.45, 2.75) is 38.0 Å². The maximum Gasteiger partial charge on any atom is 0.323 e. The number of urea groups is 1. The number of carbonyl (C=O) groups excluding carboxylic acids is 1. The Bertz CT molecular complexity index is 1170. The third kappa shape index (κ3) is 4.08. The number of ether oxygens (including phenoxy) is 2. The number of morpholine rings is 1. The zero-order chi connectivity index (χ0) is 22.9. The van der Waals surface area contributed by atoms with Crippen molar-refractivity contribution < 1.29 is 14.3 Å². The van der Waals surface area contributed by atoms with E-state index in [9.17, 15) is 4.79 Å². The van der Waals surface area contributed by atoms with Gasteiger partial charge in [-0.05, 0) is 49.2 Å². The van der Waals surface area contributed by atoms with Gasteiger partial charge in [0, 0.05) is 29.4 Å². The lowest BCUT2D eigenvalue weighted by Crippen LogP contribution is -2.47. The molecule has 6 rings (SSSR count). The summed E-state index contributed by atoms with van der Waals surface area (Å²) in [6.45, 7) is 2.71. The minimum Gasteiger partial charge on any atom is -0.377 e. The van der Waals surface area contributed by atoms with Crippen molar-refractivity contribution in [2.24, 2.45) is 0 Å². The summed E-state index contributed by atoms with van der Waals surface area (Å²) in [5, 5.41) is 5.61. The van der Waals surface area contributed by atoms with Crippen molar-refractivity contribution in [3.05, 3.63) is 60.0 Å². The summed E-state index contributed by atoms with van der Waals surface area (Å²) in [5.74, 6) is 1.70. The predicted octanol–water partition coefficient (Wildman–Crippen LogP) is 3.62. The van der Waals surface area contributed by atoms with E-state index < -0.39 is 0 Å². The molecule has 0 saturated carbocycles. The lowest BCUT2D eigenvalue weighted by molar-refractivity contribution is 0.0879. The highest BCUT2D eigenvalue weighted by atomic mass is 16.5. The Kier molecular flexibility index (Phi) is 5.56. The highest BCUT2D eigenvalue weighted by Gasteiger charge is 2.40. The van der Waals surface area contributed by atoms with Crippen LogP contribution in [0.25, 0.3) is 11.4 Å². The van der Waals surface area contributed by atoms with Gasteiger partial charge < -0.3 is 25.0 Å². The maximum absolute atomic E-state index is 12.3. The topological polar surface area (TPSA) is 102 Å². The number of fused-ring (bicyclic) bond motifs is 3. The van der Waals surface area contributed by atoms with Crippen LogP contribution in [0.4, 0.5) is 22.0 Å². The molecule has 2 amide bonds. The van der Waals surface area contributed by atoms with E-state index >= 15 is 0 Å². The first kappa shape index (κ1) is 21.0. The summed E-state index contributed by atoms with van der Waals surface area (Å²) in [4.78, 5) is 28.7. The zero-order valence-corrected chi connectivity index (χ0v) is 18.7. The molecule has 9 heteroatoms.